The van der Waals surface area contributed by atoms with Crippen LogP contribution in [0.2, 0.25) is 0 Å². The highest BCUT2D eigenvalue weighted by atomic mass is 32.2. The second kappa shape index (κ2) is 5.11. The summed E-state index contributed by atoms with van der Waals surface area (Å²) in [7, 11) is -0.732. The zero-order chi connectivity index (χ0) is 15.1. The second-order valence-electron chi connectivity index (χ2n) is 5.38. The standard InChI is InChI=1S/C19H14O2S/c20-13-9-11-14(12-10-13)22-17-7-3-1-5-15(17)19(21)16-6-2-4-8-18(16)22/h1-12,15,20H/p+1. The normalized spacial score (nSPS) is 22.4. The Morgan fingerprint density at radius 1 is 0.955 bits per heavy atom. The van der Waals surface area contributed by atoms with Gasteiger partial charge in [-0.15, -0.1) is 0 Å². The number of phenols is 1. The Bertz CT molecular complexity index is 857. The molecule has 1 aliphatic heterocycles. The largest absolute Gasteiger partial charge is 0.508 e. The van der Waals surface area contributed by atoms with Crippen molar-refractivity contribution in [1.82, 2.24) is 0 Å². The molecular weight excluding hydrogens is 292 g/mol. The van der Waals surface area contributed by atoms with Gasteiger partial charge in [-0.3, -0.25) is 4.79 Å². The minimum atomic E-state index is -0.732. The number of carbonyl (C=O) groups is 1. The van der Waals surface area contributed by atoms with Gasteiger partial charge in [0, 0.05) is 0 Å². The molecular formula is C19H15O2S+. The summed E-state index contributed by atoms with van der Waals surface area (Å²) in [5.74, 6) is 0.296. The third kappa shape index (κ3) is 1.97. The number of Topliss-reactive ketones (excluding diaryl/α,β-unsaturated/α-hetero) is 1. The second-order valence-corrected chi connectivity index (χ2v) is 7.57. The Morgan fingerprint density at radius 2 is 1.73 bits per heavy atom. The van der Waals surface area contributed by atoms with Gasteiger partial charge < -0.3 is 5.11 Å². The lowest BCUT2D eigenvalue weighted by Gasteiger charge is -2.23. The zero-order valence-electron chi connectivity index (χ0n) is 11.8. The van der Waals surface area contributed by atoms with Crippen LogP contribution in [0.3, 0.4) is 0 Å². The molecule has 0 aromatic heterocycles. The molecule has 0 saturated heterocycles. The van der Waals surface area contributed by atoms with E-state index in [2.05, 4.69) is 12.1 Å². The maximum atomic E-state index is 12.7. The molecule has 0 amide bonds. The Kier molecular flexibility index (Phi) is 3.09. The van der Waals surface area contributed by atoms with Crippen molar-refractivity contribution >= 4 is 21.1 Å². The van der Waals surface area contributed by atoms with Crippen molar-refractivity contribution in [2.45, 2.75) is 9.79 Å². The molecule has 1 heterocycles. The molecule has 0 radical (unpaired) electrons. The summed E-state index contributed by atoms with van der Waals surface area (Å²) < 4.78 is 0. The molecule has 0 fully saturated rings. The van der Waals surface area contributed by atoms with Crippen LogP contribution in [0.15, 0.2) is 82.6 Å². The van der Waals surface area contributed by atoms with Crippen molar-refractivity contribution in [3.63, 3.8) is 0 Å². The van der Waals surface area contributed by atoms with E-state index >= 15 is 0 Å². The number of carbonyl (C=O) groups excluding carboxylic acids is 1. The molecule has 3 heteroatoms. The fraction of sp³-hybridized carbons (Fsp3) is 0.0526. The van der Waals surface area contributed by atoms with Crippen LogP contribution in [0, 0.1) is 5.92 Å². The van der Waals surface area contributed by atoms with E-state index < -0.39 is 10.5 Å². The number of aromatic hydroxyl groups is 1. The van der Waals surface area contributed by atoms with Gasteiger partial charge in [0.25, 0.3) is 0 Å². The Balaban J connectivity index is 2.03. The highest BCUT2D eigenvalue weighted by Crippen LogP contribution is 2.33. The predicted molar refractivity (Wildman–Crippen MR) is 90.9 cm³/mol. The molecule has 4 rings (SSSR count). The molecule has 0 saturated carbocycles. The highest BCUT2D eigenvalue weighted by Gasteiger charge is 2.37. The van der Waals surface area contributed by atoms with Crippen molar-refractivity contribution in [2.75, 3.05) is 0 Å². The summed E-state index contributed by atoms with van der Waals surface area (Å²) in [4.78, 5) is 16.2. The first kappa shape index (κ1) is 13.3. The monoisotopic (exact) mass is 307 g/mol. The summed E-state index contributed by atoms with van der Waals surface area (Å²) in [5, 5.41) is 9.55. The van der Waals surface area contributed by atoms with E-state index in [1.807, 2.05) is 48.6 Å². The van der Waals surface area contributed by atoms with Crippen LogP contribution < -0.4 is 0 Å². The number of allylic oxidation sites excluding steroid dienone is 4. The zero-order valence-corrected chi connectivity index (χ0v) is 12.7. The fourth-order valence-electron chi connectivity index (χ4n) is 3.04. The van der Waals surface area contributed by atoms with Crippen molar-refractivity contribution in [1.29, 1.82) is 0 Å². The van der Waals surface area contributed by atoms with E-state index in [1.165, 1.54) is 4.86 Å². The lowest BCUT2D eigenvalue weighted by molar-refractivity contribution is 0.0969. The number of phenolic OH excluding ortho intramolecular Hbond substituents is 1. The lowest BCUT2D eigenvalue weighted by Crippen LogP contribution is -2.31. The molecule has 0 bridgehead atoms. The van der Waals surface area contributed by atoms with Gasteiger partial charge in [0.05, 0.1) is 5.56 Å². The minimum absolute atomic E-state index is 0.153. The maximum absolute atomic E-state index is 12.7. The number of hydrogen-bond donors (Lipinski definition) is 1. The third-order valence-corrected chi connectivity index (χ3v) is 6.69. The van der Waals surface area contributed by atoms with Gasteiger partial charge in [-0.2, -0.15) is 0 Å². The van der Waals surface area contributed by atoms with E-state index in [-0.39, 0.29) is 17.5 Å². The molecule has 2 aromatic carbocycles. The van der Waals surface area contributed by atoms with Gasteiger partial charge >= 0.3 is 0 Å². The predicted octanol–water partition coefficient (Wildman–Crippen LogP) is 3.27. The molecule has 2 atom stereocenters. The topological polar surface area (TPSA) is 37.3 Å². The van der Waals surface area contributed by atoms with Crippen LogP contribution in [-0.4, -0.2) is 15.8 Å². The molecule has 2 aliphatic rings. The Hall–Kier alpha value is -2.39. The highest BCUT2D eigenvalue weighted by molar-refractivity contribution is 7.97. The van der Waals surface area contributed by atoms with Crippen molar-refractivity contribution in [2.24, 2.45) is 5.92 Å². The quantitative estimate of drug-likeness (QED) is 0.499. The summed E-state index contributed by atoms with van der Waals surface area (Å²) in [5.41, 5.74) is 0.829. The van der Waals surface area contributed by atoms with Crippen LogP contribution in [-0.2, 0) is 10.5 Å². The number of fused-ring (bicyclic) bond motifs is 2. The molecule has 1 N–H and O–H groups in total. The number of thiol groups is 1. The molecule has 0 spiro atoms. The first-order chi connectivity index (χ1) is 10.8. The number of ketones is 1. The Labute approximate surface area is 131 Å². The van der Waals surface area contributed by atoms with Crippen LogP contribution >= 0.6 is 0 Å². The van der Waals surface area contributed by atoms with Gasteiger partial charge in [-0.1, -0.05) is 40.8 Å². The Morgan fingerprint density at radius 3 is 2.55 bits per heavy atom. The molecule has 22 heavy (non-hydrogen) atoms. The summed E-state index contributed by atoms with van der Waals surface area (Å²) in [6.45, 7) is 0. The van der Waals surface area contributed by atoms with Gasteiger partial charge in [0.15, 0.2) is 5.78 Å². The molecule has 2 nitrogen and oxygen atoms in total. The van der Waals surface area contributed by atoms with Gasteiger partial charge in [-0.25, -0.2) is 0 Å². The smallest absolute Gasteiger partial charge is 0.183 e. The van der Waals surface area contributed by atoms with Crippen LogP contribution in [0.4, 0.5) is 0 Å². The van der Waals surface area contributed by atoms with Crippen molar-refractivity contribution in [3.05, 3.63) is 78.4 Å². The van der Waals surface area contributed by atoms with Crippen LogP contribution in [0.5, 0.6) is 5.75 Å². The average molecular weight is 307 g/mol. The maximum Gasteiger partial charge on any atom is 0.183 e. The van der Waals surface area contributed by atoms with E-state index in [0.717, 1.165) is 15.4 Å². The first-order valence-corrected chi connectivity index (χ1v) is 8.54. The number of rotatable bonds is 1. The summed E-state index contributed by atoms with van der Waals surface area (Å²) in [6.07, 6.45) is 8.02. The van der Waals surface area contributed by atoms with Crippen LogP contribution in [0.1, 0.15) is 10.4 Å². The number of hydrogen-bond acceptors (Lipinski definition) is 2. The van der Waals surface area contributed by atoms with Crippen LogP contribution in [0.25, 0.3) is 0 Å². The van der Waals surface area contributed by atoms with Crippen molar-refractivity contribution in [3.8, 4) is 5.75 Å². The van der Waals surface area contributed by atoms with Gasteiger partial charge in [0.1, 0.15) is 26.3 Å². The third-order valence-electron chi connectivity index (χ3n) is 4.06. The first-order valence-electron chi connectivity index (χ1n) is 7.20. The molecule has 1 aliphatic carbocycles. The molecule has 2 unspecified atom stereocenters. The SMILES string of the molecule is O=C1c2ccccc2[SH+](c2ccc(O)cc2)=C2C=CC=CC12. The molecule has 108 valence electrons. The summed E-state index contributed by atoms with van der Waals surface area (Å²) in [6, 6.07) is 15.3. The van der Waals surface area contributed by atoms with Crippen molar-refractivity contribution < 1.29 is 9.90 Å². The van der Waals surface area contributed by atoms with E-state index in [4.69, 9.17) is 0 Å². The van der Waals surface area contributed by atoms with Gasteiger partial charge in [-0.05, 0) is 42.5 Å². The van der Waals surface area contributed by atoms with E-state index in [1.54, 1.807) is 12.1 Å². The molecule has 2 aromatic rings. The van der Waals surface area contributed by atoms with Gasteiger partial charge in [0.2, 0.25) is 0 Å². The van der Waals surface area contributed by atoms with E-state index in [9.17, 15) is 9.90 Å². The summed E-state index contributed by atoms with van der Waals surface area (Å²) >= 11 is 0. The fourth-order valence-corrected chi connectivity index (χ4v) is 5.72. The van der Waals surface area contributed by atoms with E-state index in [0.29, 0.717) is 0 Å². The minimum Gasteiger partial charge on any atom is -0.508 e. The number of benzene rings is 2. The lowest BCUT2D eigenvalue weighted by atomic mass is 9.91. The average Bonchev–Trinajstić information content (AvgIpc) is 2.57.